The maximum absolute atomic E-state index is 12.5. The van der Waals surface area contributed by atoms with Crippen molar-refractivity contribution in [2.24, 2.45) is 21.6 Å². The quantitative estimate of drug-likeness (QED) is 0.494. The van der Waals surface area contributed by atoms with Gasteiger partial charge in [0.1, 0.15) is 12.4 Å². The molecular formula is C22H24N4O2. The van der Waals surface area contributed by atoms with Crippen molar-refractivity contribution in [3.8, 4) is 17.6 Å². The fourth-order valence-corrected chi connectivity index (χ4v) is 2.67. The Balaban J connectivity index is 1.69. The smallest absolute Gasteiger partial charge is 0.254 e. The molecule has 1 aromatic carbocycles. The number of pyridine rings is 1. The van der Waals surface area contributed by atoms with Crippen molar-refractivity contribution in [1.29, 1.82) is 0 Å². The van der Waals surface area contributed by atoms with Crippen molar-refractivity contribution in [3.63, 3.8) is 0 Å². The maximum Gasteiger partial charge on any atom is 0.254 e. The van der Waals surface area contributed by atoms with Gasteiger partial charge in [-0.3, -0.25) is 9.79 Å². The van der Waals surface area contributed by atoms with Gasteiger partial charge in [0, 0.05) is 30.3 Å². The molecule has 0 bridgehead atoms. The van der Waals surface area contributed by atoms with Crippen LogP contribution < -0.4 is 16.0 Å². The van der Waals surface area contributed by atoms with E-state index in [4.69, 9.17) is 10.5 Å². The van der Waals surface area contributed by atoms with E-state index in [1.54, 1.807) is 11.6 Å². The molecule has 0 radical (unpaired) electrons. The Morgan fingerprint density at radius 2 is 2.07 bits per heavy atom. The van der Waals surface area contributed by atoms with E-state index < -0.39 is 0 Å². The molecule has 28 heavy (non-hydrogen) atoms. The Labute approximate surface area is 164 Å². The van der Waals surface area contributed by atoms with E-state index in [9.17, 15) is 4.79 Å². The van der Waals surface area contributed by atoms with Gasteiger partial charge in [-0.25, -0.2) is 4.99 Å². The van der Waals surface area contributed by atoms with E-state index in [-0.39, 0.29) is 12.2 Å². The van der Waals surface area contributed by atoms with Gasteiger partial charge in [-0.15, -0.1) is 0 Å². The van der Waals surface area contributed by atoms with E-state index in [0.29, 0.717) is 24.0 Å². The lowest BCUT2D eigenvalue weighted by Gasteiger charge is -2.12. The standard InChI is InChI=1S/C22H24N4O2/c1-16-11-20(28-14-21(24-2)25-15-23)12-22(27)26(16)13-19-9-7-18(8-10-19)6-5-17-3-4-17/h7-12,15,17H,3-4,13-14H2,1-2H3,(H2,23,24,25). The van der Waals surface area contributed by atoms with Gasteiger partial charge >= 0.3 is 0 Å². The molecule has 0 atom stereocenters. The lowest BCUT2D eigenvalue weighted by Crippen LogP contribution is -2.23. The summed E-state index contributed by atoms with van der Waals surface area (Å²) in [4.78, 5) is 20.4. The van der Waals surface area contributed by atoms with Crippen LogP contribution in [-0.2, 0) is 6.54 Å². The number of nitrogens with zero attached hydrogens (tertiary/aromatic N) is 3. The number of hydrogen-bond acceptors (Lipinski definition) is 3. The summed E-state index contributed by atoms with van der Waals surface area (Å²) in [6, 6.07) is 11.3. The largest absolute Gasteiger partial charge is 0.485 e. The van der Waals surface area contributed by atoms with Crippen molar-refractivity contribution < 1.29 is 4.74 Å². The first kappa shape index (κ1) is 19.4. The summed E-state index contributed by atoms with van der Waals surface area (Å²) in [6.07, 6.45) is 3.61. The maximum atomic E-state index is 12.5. The molecule has 0 aliphatic heterocycles. The van der Waals surface area contributed by atoms with E-state index in [1.807, 2.05) is 37.3 Å². The minimum Gasteiger partial charge on any atom is -0.485 e. The second-order valence-electron chi connectivity index (χ2n) is 6.70. The van der Waals surface area contributed by atoms with Crippen LogP contribution in [0.3, 0.4) is 0 Å². The van der Waals surface area contributed by atoms with Gasteiger partial charge in [0.05, 0.1) is 12.9 Å². The summed E-state index contributed by atoms with van der Waals surface area (Å²) in [5, 5.41) is 0. The fourth-order valence-electron chi connectivity index (χ4n) is 2.67. The molecule has 2 N–H and O–H groups in total. The summed E-state index contributed by atoms with van der Waals surface area (Å²) < 4.78 is 7.33. The van der Waals surface area contributed by atoms with Crippen LogP contribution in [0.2, 0.25) is 0 Å². The number of aryl methyl sites for hydroxylation is 1. The van der Waals surface area contributed by atoms with Crippen molar-refractivity contribution in [1.82, 2.24) is 4.57 Å². The van der Waals surface area contributed by atoms with Gasteiger partial charge in [-0.2, -0.15) is 0 Å². The molecule has 144 valence electrons. The topological polar surface area (TPSA) is 82.0 Å². The van der Waals surface area contributed by atoms with Crippen molar-refractivity contribution >= 4 is 12.2 Å². The number of aromatic nitrogens is 1. The zero-order chi connectivity index (χ0) is 19.9. The number of rotatable bonds is 5. The predicted octanol–water partition coefficient (Wildman–Crippen LogP) is 2.36. The van der Waals surface area contributed by atoms with Crippen LogP contribution in [-0.4, -0.2) is 30.4 Å². The summed E-state index contributed by atoms with van der Waals surface area (Å²) in [5.74, 6) is 7.98. The predicted molar refractivity (Wildman–Crippen MR) is 112 cm³/mol. The molecule has 1 aliphatic rings. The Hall–Kier alpha value is -3.33. The average molecular weight is 376 g/mol. The third kappa shape index (κ3) is 5.34. The molecular weight excluding hydrogens is 352 g/mol. The zero-order valence-corrected chi connectivity index (χ0v) is 16.2. The monoisotopic (exact) mass is 376 g/mol. The lowest BCUT2D eigenvalue weighted by molar-refractivity contribution is 0.372. The normalized spacial score (nSPS) is 14.0. The SMILES string of the molecule is CN=C(COc1cc(C)n(Cc2ccc(C#CC3CC3)cc2)c(=O)c1)N=CN. The van der Waals surface area contributed by atoms with Crippen molar-refractivity contribution in [2.75, 3.05) is 13.7 Å². The van der Waals surface area contributed by atoms with E-state index >= 15 is 0 Å². The van der Waals surface area contributed by atoms with E-state index in [0.717, 1.165) is 23.2 Å². The molecule has 6 nitrogen and oxygen atoms in total. The third-order valence-electron chi connectivity index (χ3n) is 4.45. The van der Waals surface area contributed by atoms with Crippen LogP contribution >= 0.6 is 0 Å². The fraction of sp³-hybridized carbons (Fsp3) is 0.318. The molecule has 1 saturated carbocycles. The van der Waals surface area contributed by atoms with Crippen LogP contribution in [0.1, 0.15) is 29.7 Å². The van der Waals surface area contributed by atoms with Gasteiger partial charge in [0.25, 0.3) is 5.56 Å². The van der Waals surface area contributed by atoms with Crippen LogP contribution in [0.5, 0.6) is 5.75 Å². The molecule has 0 unspecified atom stereocenters. The van der Waals surface area contributed by atoms with Gasteiger partial charge < -0.3 is 15.0 Å². The first-order valence-corrected chi connectivity index (χ1v) is 9.23. The Bertz CT molecular complexity index is 1000. The van der Waals surface area contributed by atoms with E-state index in [1.165, 1.54) is 18.9 Å². The van der Waals surface area contributed by atoms with Crippen molar-refractivity contribution in [3.05, 3.63) is 63.6 Å². The number of ether oxygens (including phenoxy) is 1. The molecule has 1 aliphatic carbocycles. The highest BCUT2D eigenvalue weighted by Gasteiger charge is 2.17. The number of amidine groups is 1. The summed E-state index contributed by atoms with van der Waals surface area (Å²) in [7, 11) is 1.61. The molecule has 1 aromatic heterocycles. The molecule has 1 heterocycles. The minimum atomic E-state index is -0.120. The number of aliphatic imine (C=N–C) groups is 2. The molecule has 3 rings (SSSR count). The van der Waals surface area contributed by atoms with Crippen LogP contribution in [0.25, 0.3) is 0 Å². The first-order valence-electron chi connectivity index (χ1n) is 9.23. The highest BCUT2D eigenvalue weighted by molar-refractivity contribution is 5.89. The number of benzene rings is 1. The van der Waals surface area contributed by atoms with Gasteiger partial charge in [0.15, 0.2) is 5.84 Å². The van der Waals surface area contributed by atoms with Crippen LogP contribution in [0, 0.1) is 24.7 Å². The van der Waals surface area contributed by atoms with Gasteiger partial charge in [-0.1, -0.05) is 24.0 Å². The molecule has 0 saturated heterocycles. The molecule has 0 amide bonds. The Kier molecular flexibility index (Phi) is 6.28. The average Bonchev–Trinajstić information content (AvgIpc) is 3.52. The van der Waals surface area contributed by atoms with Crippen molar-refractivity contribution in [2.45, 2.75) is 26.3 Å². The number of nitrogens with two attached hydrogens (primary N) is 1. The summed E-state index contributed by atoms with van der Waals surface area (Å²) >= 11 is 0. The highest BCUT2D eigenvalue weighted by atomic mass is 16.5. The highest BCUT2D eigenvalue weighted by Crippen LogP contribution is 2.27. The van der Waals surface area contributed by atoms with E-state index in [2.05, 4.69) is 21.8 Å². The molecule has 2 aromatic rings. The molecule has 1 fully saturated rings. The Morgan fingerprint density at radius 1 is 1.32 bits per heavy atom. The second-order valence-corrected chi connectivity index (χ2v) is 6.70. The van der Waals surface area contributed by atoms with Crippen LogP contribution in [0.4, 0.5) is 0 Å². The summed E-state index contributed by atoms with van der Waals surface area (Å²) in [6.45, 7) is 2.54. The second kappa shape index (κ2) is 9.05. The van der Waals surface area contributed by atoms with Gasteiger partial charge in [0.2, 0.25) is 0 Å². The minimum absolute atomic E-state index is 0.120. The van der Waals surface area contributed by atoms with Gasteiger partial charge in [-0.05, 0) is 43.5 Å². The zero-order valence-electron chi connectivity index (χ0n) is 16.2. The third-order valence-corrected chi connectivity index (χ3v) is 4.45. The molecule has 6 heteroatoms. The first-order chi connectivity index (χ1) is 13.6. The Morgan fingerprint density at radius 3 is 2.68 bits per heavy atom. The van der Waals surface area contributed by atoms with Crippen LogP contribution in [0.15, 0.2) is 51.2 Å². The summed E-state index contributed by atoms with van der Waals surface area (Å²) in [5.41, 5.74) is 8.03. The lowest BCUT2D eigenvalue weighted by atomic mass is 10.1. The molecule has 0 spiro atoms. The number of hydrogen-bond donors (Lipinski definition) is 1.